The van der Waals surface area contributed by atoms with Crippen molar-refractivity contribution in [2.24, 2.45) is 7.05 Å². The van der Waals surface area contributed by atoms with Gasteiger partial charge in [-0.15, -0.1) is 10.2 Å². The molecule has 1 heterocycles. The van der Waals surface area contributed by atoms with Crippen LogP contribution >= 0.6 is 11.8 Å². The lowest BCUT2D eigenvalue weighted by molar-refractivity contribution is -0.128. The van der Waals surface area contributed by atoms with Gasteiger partial charge in [0.25, 0.3) is 0 Å². The molecule has 134 valence electrons. The van der Waals surface area contributed by atoms with E-state index in [1.807, 2.05) is 49.7 Å². The first kappa shape index (κ1) is 19.0. The van der Waals surface area contributed by atoms with Crippen LogP contribution in [0.5, 0.6) is 0 Å². The Morgan fingerprint density at radius 3 is 2.36 bits per heavy atom. The number of thioether (sulfide) groups is 1. The summed E-state index contributed by atoms with van der Waals surface area (Å²) in [5.74, 6) is 1.05. The molecule has 0 bridgehead atoms. The van der Waals surface area contributed by atoms with Crippen molar-refractivity contribution >= 4 is 29.3 Å². The molecule has 7 nitrogen and oxygen atoms in total. The van der Waals surface area contributed by atoms with E-state index in [0.717, 1.165) is 11.3 Å². The van der Waals surface area contributed by atoms with Crippen LogP contribution in [0.15, 0.2) is 29.4 Å². The zero-order valence-corrected chi connectivity index (χ0v) is 15.8. The largest absolute Gasteiger partial charge is 0.343 e. The molecule has 0 radical (unpaired) electrons. The molecule has 0 saturated heterocycles. The first-order chi connectivity index (χ1) is 12.0. The molecule has 0 aliphatic carbocycles. The van der Waals surface area contributed by atoms with Gasteiger partial charge in [-0.1, -0.05) is 11.8 Å². The van der Waals surface area contributed by atoms with E-state index in [9.17, 15) is 9.59 Å². The molecule has 0 saturated carbocycles. The van der Waals surface area contributed by atoms with Gasteiger partial charge in [0.15, 0.2) is 11.0 Å². The van der Waals surface area contributed by atoms with Crippen molar-refractivity contribution in [3.63, 3.8) is 0 Å². The van der Waals surface area contributed by atoms with Gasteiger partial charge in [0, 0.05) is 38.3 Å². The third-order valence-corrected chi connectivity index (χ3v) is 4.74. The highest BCUT2D eigenvalue weighted by Gasteiger charge is 2.15. The summed E-state index contributed by atoms with van der Waals surface area (Å²) in [6.07, 6.45) is 0. The van der Waals surface area contributed by atoms with Crippen LogP contribution in [-0.4, -0.2) is 50.3 Å². The Balaban J connectivity index is 2.07. The van der Waals surface area contributed by atoms with Gasteiger partial charge in [-0.3, -0.25) is 9.59 Å². The van der Waals surface area contributed by atoms with Crippen molar-refractivity contribution in [3.8, 4) is 11.4 Å². The lowest BCUT2D eigenvalue weighted by Gasteiger charge is -2.17. The zero-order valence-electron chi connectivity index (χ0n) is 14.9. The highest BCUT2D eigenvalue weighted by atomic mass is 32.2. The van der Waals surface area contributed by atoms with Crippen LogP contribution in [0, 0.1) is 0 Å². The standard InChI is InChI=1S/C17H23N5O2S/c1-5-22(6-2)15(24)11-25-17-20-19-16(21(17)4)13-7-9-14(10-8-13)18-12(3)23/h7-10H,5-6,11H2,1-4H3,(H,18,23). The number of nitrogens with one attached hydrogen (secondary N) is 1. The molecule has 0 fully saturated rings. The van der Waals surface area contributed by atoms with Crippen molar-refractivity contribution in [1.29, 1.82) is 0 Å². The van der Waals surface area contributed by atoms with Crippen LogP contribution in [0.4, 0.5) is 5.69 Å². The highest BCUT2D eigenvalue weighted by molar-refractivity contribution is 7.99. The summed E-state index contributed by atoms with van der Waals surface area (Å²) in [5, 5.41) is 11.8. The molecule has 8 heteroatoms. The molecule has 2 rings (SSSR count). The van der Waals surface area contributed by atoms with E-state index in [-0.39, 0.29) is 11.8 Å². The maximum Gasteiger partial charge on any atom is 0.233 e. The fourth-order valence-electron chi connectivity index (χ4n) is 2.39. The fraction of sp³-hybridized carbons (Fsp3) is 0.412. The minimum atomic E-state index is -0.108. The maximum absolute atomic E-state index is 12.1. The van der Waals surface area contributed by atoms with Crippen molar-refractivity contribution in [2.75, 3.05) is 24.2 Å². The SMILES string of the molecule is CCN(CC)C(=O)CSc1nnc(-c2ccc(NC(C)=O)cc2)n1C. The number of hydrogen-bond acceptors (Lipinski definition) is 5. The second kappa shape index (κ2) is 8.66. The normalized spacial score (nSPS) is 10.6. The molecule has 25 heavy (non-hydrogen) atoms. The Kier molecular flexibility index (Phi) is 6.58. The molecule has 0 atom stereocenters. The Bertz CT molecular complexity index is 738. The smallest absolute Gasteiger partial charge is 0.233 e. The maximum atomic E-state index is 12.1. The van der Waals surface area contributed by atoms with Crippen LogP contribution in [0.3, 0.4) is 0 Å². The second-order valence-corrected chi connectivity index (χ2v) is 6.42. The first-order valence-electron chi connectivity index (χ1n) is 8.14. The van der Waals surface area contributed by atoms with Crippen molar-refractivity contribution in [2.45, 2.75) is 25.9 Å². The number of carbonyl (C=O) groups is 2. The van der Waals surface area contributed by atoms with E-state index in [0.29, 0.717) is 29.8 Å². The first-order valence-corrected chi connectivity index (χ1v) is 9.12. The molecule has 1 aromatic heterocycles. The van der Waals surface area contributed by atoms with Gasteiger partial charge in [0.05, 0.1) is 5.75 Å². The van der Waals surface area contributed by atoms with E-state index in [2.05, 4.69) is 15.5 Å². The Labute approximate surface area is 151 Å². The minimum Gasteiger partial charge on any atom is -0.343 e. The van der Waals surface area contributed by atoms with Gasteiger partial charge < -0.3 is 14.8 Å². The summed E-state index contributed by atoms with van der Waals surface area (Å²) in [5.41, 5.74) is 1.63. The second-order valence-electron chi connectivity index (χ2n) is 5.48. The molecule has 1 N–H and O–H groups in total. The van der Waals surface area contributed by atoms with Gasteiger partial charge in [-0.05, 0) is 38.1 Å². The van der Waals surface area contributed by atoms with Crippen molar-refractivity contribution in [1.82, 2.24) is 19.7 Å². The number of hydrogen-bond donors (Lipinski definition) is 1. The van der Waals surface area contributed by atoms with Gasteiger partial charge >= 0.3 is 0 Å². The molecule has 0 unspecified atom stereocenters. The molecule has 0 spiro atoms. The quantitative estimate of drug-likeness (QED) is 0.766. The molecule has 0 aliphatic rings. The summed E-state index contributed by atoms with van der Waals surface area (Å²) in [6.45, 7) is 6.83. The summed E-state index contributed by atoms with van der Waals surface area (Å²) < 4.78 is 1.87. The van der Waals surface area contributed by atoms with E-state index in [4.69, 9.17) is 0 Å². The summed E-state index contributed by atoms with van der Waals surface area (Å²) in [6, 6.07) is 7.40. The van der Waals surface area contributed by atoms with E-state index >= 15 is 0 Å². The van der Waals surface area contributed by atoms with Gasteiger partial charge in [0.1, 0.15) is 0 Å². The molecular weight excluding hydrogens is 338 g/mol. The van der Waals surface area contributed by atoms with Crippen molar-refractivity contribution in [3.05, 3.63) is 24.3 Å². The summed E-state index contributed by atoms with van der Waals surface area (Å²) in [7, 11) is 1.88. The predicted octanol–water partition coefficient (Wildman–Crippen LogP) is 2.40. The van der Waals surface area contributed by atoms with Crippen molar-refractivity contribution < 1.29 is 9.59 Å². The molecule has 2 aromatic rings. The molecule has 0 aliphatic heterocycles. The fourth-order valence-corrected chi connectivity index (χ4v) is 3.21. The van der Waals surface area contributed by atoms with Crippen LogP contribution in [-0.2, 0) is 16.6 Å². The number of nitrogens with zero attached hydrogens (tertiary/aromatic N) is 4. The average molecular weight is 361 g/mol. The van der Waals surface area contributed by atoms with Gasteiger partial charge in [-0.2, -0.15) is 0 Å². The lowest BCUT2D eigenvalue weighted by Crippen LogP contribution is -2.31. The number of anilines is 1. The topological polar surface area (TPSA) is 80.1 Å². The number of carbonyl (C=O) groups excluding carboxylic acids is 2. The van der Waals surface area contributed by atoms with E-state index in [1.54, 1.807) is 4.90 Å². The number of rotatable bonds is 7. The number of aromatic nitrogens is 3. The average Bonchev–Trinajstić information content (AvgIpc) is 2.95. The van der Waals surface area contributed by atoms with Gasteiger partial charge in [0.2, 0.25) is 11.8 Å². The predicted molar refractivity (Wildman–Crippen MR) is 99.4 cm³/mol. The van der Waals surface area contributed by atoms with Crippen LogP contribution in [0.2, 0.25) is 0 Å². The Morgan fingerprint density at radius 2 is 1.80 bits per heavy atom. The van der Waals surface area contributed by atoms with E-state index in [1.165, 1.54) is 18.7 Å². The number of amides is 2. The Hall–Kier alpha value is -2.35. The lowest BCUT2D eigenvalue weighted by atomic mass is 10.2. The molecular formula is C17H23N5O2S. The molecule has 2 amide bonds. The third-order valence-electron chi connectivity index (χ3n) is 3.74. The highest BCUT2D eigenvalue weighted by Crippen LogP contribution is 2.24. The van der Waals surface area contributed by atoms with Crippen LogP contribution < -0.4 is 5.32 Å². The molecule has 1 aromatic carbocycles. The van der Waals surface area contributed by atoms with E-state index < -0.39 is 0 Å². The summed E-state index contributed by atoms with van der Waals surface area (Å²) in [4.78, 5) is 25.0. The minimum absolute atomic E-state index is 0.0965. The third kappa shape index (κ3) is 4.82. The summed E-state index contributed by atoms with van der Waals surface area (Å²) >= 11 is 1.38. The number of benzene rings is 1. The van der Waals surface area contributed by atoms with Crippen LogP contribution in [0.25, 0.3) is 11.4 Å². The monoisotopic (exact) mass is 361 g/mol. The van der Waals surface area contributed by atoms with Crippen LogP contribution in [0.1, 0.15) is 20.8 Å². The zero-order chi connectivity index (χ0) is 18.4. The van der Waals surface area contributed by atoms with Gasteiger partial charge in [-0.25, -0.2) is 0 Å². The Morgan fingerprint density at radius 1 is 1.16 bits per heavy atom.